The third-order valence-electron chi connectivity index (χ3n) is 3.95. The van der Waals surface area contributed by atoms with E-state index in [0.717, 1.165) is 13.0 Å². The lowest BCUT2D eigenvalue weighted by Gasteiger charge is -2.11. The number of carbonyl (C=O) groups is 1. The van der Waals surface area contributed by atoms with E-state index in [1.54, 1.807) is 18.2 Å². The maximum absolute atomic E-state index is 12.5. The standard InChI is InChI=1S/C17H17ClN4O3S/c1-22-10-4-8-15(22)21-26(24,25)13-6-2-5-12(11-13)20-17(23)14-7-3-9-19-16(14)18/h2-3,5-7,9,11H,4,8,10H2,1H3,(H,20,23)/b21-15+. The highest BCUT2D eigenvalue weighted by Crippen LogP contribution is 2.21. The molecule has 0 spiro atoms. The van der Waals surface area contributed by atoms with Crippen molar-refractivity contribution in [2.75, 3.05) is 18.9 Å². The Morgan fingerprint density at radius 3 is 2.81 bits per heavy atom. The van der Waals surface area contributed by atoms with Crippen molar-refractivity contribution in [3.8, 4) is 0 Å². The Hall–Kier alpha value is -2.45. The van der Waals surface area contributed by atoms with Gasteiger partial charge in [-0.1, -0.05) is 17.7 Å². The molecule has 7 nitrogen and oxygen atoms in total. The van der Waals surface area contributed by atoms with Crippen LogP contribution < -0.4 is 5.32 Å². The number of hydrogen-bond acceptors (Lipinski definition) is 4. The van der Waals surface area contributed by atoms with Crippen LogP contribution in [0.3, 0.4) is 0 Å². The van der Waals surface area contributed by atoms with E-state index in [1.165, 1.54) is 24.4 Å². The lowest BCUT2D eigenvalue weighted by atomic mass is 10.2. The van der Waals surface area contributed by atoms with Crippen LogP contribution in [0, 0.1) is 0 Å². The van der Waals surface area contributed by atoms with Crippen molar-refractivity contribution < 1.29 is 13.2 Å². The van der Waals surface area contributed by atoms with Crippen molar-refractivity contribution in [3.05, 3.63) is 53.3 Å². The fourth-order valence-electron chi connectivity index (χ4n) is 2.59. The normalized spacial score (nSPS) is 16.1. The lowest BCUT2D eigenvalue weighted by Crippen LogP contribution is -2.20. The van der Waals surface area contributed by atoms with Crippen LogP contribution in [0.25, 0.3) is 0 Å². The Balaban J connectivity index is 1.84. The third-order valence-corrected chi connectivity index (χ3v) is 5.56. The Bertz CT molecular complexity index is 975. The summed E-state index contributed by atoms with van der Waals surface area (Å²) in [6, 6.07) is 9.09. The van der Waals surface area contributed by atoms with Gasteiger partial charge in [-0.3, -0.25) is 4.79 Å². The molecule has 0 atom stereocenters. The highest BCUT2D eigenvalue weighted by molar-refractivity contribution is 7.90. The highest BCUT2D eigenvalue weighted by atomic mass is 35.5. The molecule has 0 radical (unpaired) electrons. The predicted molar refractivity (Wildman–Crippen MR) is 100 cm³/mol. The molecule has 0 unspecified atom stereocenters. The fraction of sp³-hybridized carbons (Fsp3) is 0.235. The summed E-state index contributed by atoms with van der Waals surface area (Å²) in [5, 5.41) is 2.70. The van der Waals surface area contributed by atoms with E-state index in [-0.39, 0.29) is 15.6 Å². The zero-order valence-electron chi connectivity index (χ0n) is 14.0. The number of carbonyl (C=O) groups excluding carboxylic acids is 1. The average molecular weight is 393 g/mol. The monoisotopic (exact) mass is 392 g/mol. The second-order valence-electron chi connectivity index (χ2n) is 5.83. The molecule has 1 aliphatic rings. The summed E-state index contributed by atoms with van der Waals surface area (Å²) in [5.74, 6) is 0.0704. The highest BCUT2D eigenvalue weighted by Gasteiger charge is 2.21. The molecule has 1 aromatic heterocycles. The van der Waals surface area contributed by atoms with Gasteiger partial charge < -0.3 is 10.2 Å². The number of halogens is 1. The van der Waals surface area contributed by atoms with Crippen molar-refractivity contribution in [2.24, 2.45) is 4.40 Å². The number of aromatic nitrogens is 1. The molecule has 1 fully saturated rings. The first kappa shape index (κ1) is 18.3. The van der Waals surface area contributed by atoms with Crippen LogP contribution in [0.2, 0.25) is 5.15 Å². The number of likely N-dealkylation sites (tertiary alicyclic amines) is 1. The summed E-state index contributed by atoms with van der Waals surface area (Å²) < 4.78 is 29.0. The molecule has 0 saturated carbocycles. The van der Waals surface area contributed by atoms with Crippen molar-refractivity contribution in [2.45, 2.75) is 17.7 Å². The molecule has 3 rings (SSSR count). The molecule has 2 heterocycles. The van der Waals surface area contributed by atoms with E-state index in [0.29, 0.717) is 17.9 Å². The number of rotatable bonds is 4. The summed E-state index contributed by atoms with van der Waals surface area (Å²) in [5.41, 5.74) is 0.534. The maximum atomic E-state index is 12.5. The summed E-state index contributed by atoms with van der Waals surface area (Å²) in [6.45, 7) is 0.788. The number of nitrogens with zero attached hydrogens (tertiary/aromatic N) is 3. The minimum Gasteiger partial charge on any atom is -0.362 e. The van der Waals surface area contributed by atoms with Crippen LogP contribution in [0.15, 0.2) is 51.9 Å². The van der Waals surface area contributed by atoms with Gasteiger partial charge in [0, 0.05) is 31.9 Å². The lowest BCUT2D eigenvalue weighted by molar-refractivity contribution is 0.102. The first-order chi connectivity index (χ1) is 12.4. The first-order valence-electron chi connectivity index (χ1n) is 7.94. The van der Waals surface area contributed by atoms with Gasteiger partial charge in [-0.05, 0) is 36.8 Å². The van der Waals surface area contributed by atoms with Gasteiger partial charge in [0.1, 0.15) is 11.0 Å². The Labute approximate surface area is 156 Å². The second kappa shape index (κ2) is 7.43. The van der Waals surface area contributed by atoms with Gasteiger partial charge in [0.25, 0.3) is 15.9 Å². The van der Waals surface area contributed by atoms with Gasteiger partial charge >= 0.3 is 0 Å². The molecule has 1 N–H and O–H groups in total. The van der Waals surface area contributed by atoms with Crippen molar-refractivity contribution >= 4 is 39.1 Å². The molecule has 1 aliphatic heterocycles. The second-order valence-corrected chi connectivity index (χ2v) is 7.79. The smallest absolute Gasteiger partial charge is 0.284 e. The zero-order valence-corrected chi connectivity index (χ0v) is 15.6. The van der Waals surface area contributed by atoms with E-state index < -0.39 is 15.9 Å². The van der Waals surface area contributed by atoms with E-state index in [9.17, 15) is 13.2 Å². The minimum absolute atomic E-state index is 0.0142. The van der Waals surface area contributed by atoms with E-state index in [1.807, 2.05) is 11.9 Å². The summed E-state index contributed by atoms with van der Waals surface area (Å²) in [6.07, 6.45) is 2.99. The summed E-state index contributed by atoms with van der Waals surface area (Å²) in [7, 11) is -2.04. The SMILES string of the molecule is CN1CCC/C1=N\S(=O)(=O)c1cccc(NC(=O)c2cccnc2Cl)c1. The van der Waals surface area contributed by atoms with Crippen molar-refractivity contribution in [1.82, 2.24) is 9.88 Å². The van der Waals surface area contributed by atoms with E-state index in [2.05, 4.69) is 14.7 Å². The largest absolute Gasteiger partial charge is 0.362 e. The molecular weight excluding hydrogens is 376 g/mol. The van der Waals surface area contributed by atoms with Crippen LogP contribution >= 0.6 is 11.6 Å². The first-order valence-corrected chi connectivity index (χ1v) is 9.75. The number of amidine groups is 1. The van der Waals surface area contributed by atoms with Gasteiger partial charge in [0.05, 0.1) is 10.5 Å². The van der Waals surface area contributed by atoms with Crippen LogP contribution in [-0.2, 0) is 10.0 Å². The fourth-order valence-corrected chi connectivity index (χ4v) is 3.93. The summed E-state index contributed by atoms with van der Waals surface area (Å²) in [4.78, 5) is 18.0. The molecule has 1 amide bonds. The molecule has 26 heavy (non-hydrogen) atoms. The quantitative estimate of drug-likeness (QED) is 0.808. The molecule has 9 heteroatoms. The molecular formula is C17H17ClN4O3S. The molecule has 1 aromatic carbocycles. The average Bonchev–Trinajstić information content (AvgIpc) is 2.99. The predicted octanol–water partition coefficient (Wildman–Crippen LogP) is 2.80. The molecule has 1 saturated heterocycles. The Kier molecular flexibility index (Phi) is 5.24. The maximum Gasteiger partial charge on any atom is 0.284 e. The molecule has 0 bridgehead atoms. The Morgan fingerprint density at radius 1 is 1.31 bits per heavy atom. The number of amides is 1. The van der Waals surface area contributed by atoms with E-state index in [4.69, 9.17) is 11.6 Å². The number of sulfonamides is 1. The molecule has 2 aromatic rings. The summed E-state index contributed by atoms with van der Waals surface area (Å²) >= 11 is 5.91. The van der Waals surface area contributed by atoms with Crippen LogP contribution in [0.1, 0.15) is 23.2 Å². The van der Waals surface area contributed by atoms with Gasteiger partial charge in [-0.25, -0.2) is 4.98 Å². The molecule has 136 valence electrons. The third kappa shape index (κ3) is 4.03. The van der Waals surface area contributed by atoms with Crippen molar-refractivity contribution in [1.29, 1.82) is 0 Å². The van der Waals surface area contributed by atoms with Gasteiger partial charge in [0.2, 0.25) is 0 Å². The Morgan fingerprint density at radius 2 is 2.12 bits per heavy atom. The number of pyridine rings is 1. The van der Waals surface area contributed by atoms with Crippen LogP contribution in [0.5, 0.6) is 0 Å². The van der Waals surface area contributed by atoms with Gasteiger partial charge in [-0.15, -0.1) is 4.40 Å². The number of hydrogen-bond donors (Lipinski definition) is 1. The van der Waals surface area contributed by atoms with Crippen LogP contribution in [0.4, 0.5) is 5.69 Å². The minimum atomic E-state index is -3.85. The number of anilines is 1. The van der Waals surface area contributed by atoms with Gasteiger partial charge in [-0.2, -0.15) is 8.42 Å². The number of nitrogens with one attached hydrogen (secondary N) is 1. The van der Waals surface area contributed by atoms with E-state index >= 15 is 0 Å². The zero-order chi connectivity index (χ0) is 18.7. The van der Waals surface area contributed by atoms with Gasteiger partial charge in [0.15, 0.2) is 0 Å². The van der Waals surface area contributed by atoms with Crippen LogP contribution in [-0.4, -0.2) is 43.6 Å². The topological polar surface area (TPSA) is 91.7 Å². The molecule has 0 aliphatic carbocycles. The van der Waals surface area contributed by atoms with Crippen molar-refractivity contribution in [3.63, 3.8) is 0 Å². The number of benzene rings is 1.